The highest BCUT2D eigenvalue weighted by molar-refractivity contribution is 7.47. The Hall–Kier alpha value is -4.07. The Labute approximate surface area is 592 Å². The van der Waals surface area contributed by atoms with Crippen molar-refractivity contribution in [3.05, 3.63) is 0 Å². The lowest BCUT2D eigenvalue weighted by atomic mass is 9.79. The number of carboxylic acid groups (broad SMARTS) is 1. The van der Waals surface area contributed by atoms with Gasteiger partial charge in [-0.05, 0) is 62.2 Å². The highest BCUT2D eigenvalue weighted by atomic mass is 31.2. The van der Waals surface area contributed by atoms with E-state index in [0.29, 0.717) is 12.3 Å². The molecule has 5 heterocycles. The number of rotatable bonds is 40. The molecule has 0 aromatic rings. The van der Waals surface area contributed by atoms with Gasteiger partial charge in [0.1, 0.15) is 90.9 Å². The Morgan fingerprint density at radius 2 is 1.14 bits per heavy atom. The second kappa shape index (κ2) is 39.7. The zero-order valence-electron chi connectivity index (χ0n) is 59.8. The fourth-order valence-electron chi connectivity index (χ4n) is 13.0. The number of carbonyl (C=O) groups is 6. The molecule has 0 aliphatic carbocycles. The highest BCUT2D eigenvalue weighted by Gasteiger charge is 2.62. The number of primary amides is 3. The van der Waals surface area contributed by atoms with Crippen molar-refractivity contribution in [2.45, 2.75) is 312 Å². The van der Waals surface area contributed by atoms with Gasteiger partial charge in [0.25, 0.3) is 0 Å². The summed E-state index contributed by atoms with van der Waals surface area (Å²) in [6.07, 6.45) is -36.6. The van der Waals surface area contributed by atoms with Crippen molar-refractivity contribution < 1.29 is 156 Å². The predicted molar refractivity (Wildman–Crippen MR) is 349 cm³/mol. The first-order valence-electron chi connectivity index (χ1n) is 34.7. The molecule has 37 nitrogen and oxygen atoms in total. The second-order valence-corrected chi connectivity index (χ2v) is 30.6. The van der Waals surface area contributed by atoms with Crippen molar-refractivity contribution in [1.82, 2.24) is 10.6 Å². The molecule has 0 aromatic carbocycles. The van der Waals surface area contributed by atoms with Gasteiger partial charge in [-0.1, -0.05) is 106 Å². The third-order valence-corrected chi connectivity index (χ3v) is 20.2. The van der Waals surface area contributed by atoms with E-state index in [4.69, 9.17) is 78.4 Å². The summed E-state index contributed by atoms with van der Waals surface area (Å²) in [5.74, 6) is -4.16. The minimum absolute atomic E-state index is 0.0742. The predicted octanol–water partition coefficient (Wildman–Crippen LogP) is -2.25. The number of nitrogens with two attached hydrogens (primary N) is 3. The van der Waals surface area contributed by atoms with Gasteiger partial charge in [0.15, 0.2) is 62.0 Å². The van der Waals surface area contributed by atoms with E-state index in [1.165, 1.54) is 39.0 Å². The average molecular weight is 1500 g/mol. The van der Waals surface area contributed by atoms with Crippen LogP contribution >= 0.6 is 7.82 Å². The minimum Gasteiger partial charge on any atom is -0.479 e. The van der Waals surface area contributed by atoms with Gasteiger partial charge in [-0.3, -0.25) is 28.2 Å². The number of phosphoric ester groups is 1. The molecule has 0 aromatic heterocycles. The average Bonchev–Trinajstić information content (AvgIpc) is 0.751. The Morgan fingerprint density at radius 3 is 1.71 bits per heavy atom. The van der Waals surface area contributed by atoms with Crippen molar-refractivity contribution in [2.24, 2.45) is 46.3 Å². The van der Waals surface area contributed by atoms with Gasteiger partial charge >= 0.3 is 19.9 Å². The van der Waals surface area contributed by atoms with Gasteiger partial charge in [0.2, 0.25) is 23.6 Å². The first-order valence-corrected chi connectivity index (χ1v) is 36.2. The summed E-state index contributed by atoms with van der Waals surface area (Å²) in [6.45, 7) is 16.4. The Kier molecular flexibility index (Phi) is 34.5. The summed E-state index contributed by atoms with van der Waals surface area (Å²) < 4.78 is 88.6. The standard InChI is InChI=1S/C64H114N5O32P/c1-28(2)15-14-17-29(3)18-19-31(5)20-23-63(9,10)22-13-12-16-30(4)21-24-89-37(56(83)84)27-91-102(87,88)101-61-51(52(100-62(67)85)64(11,86)53(99-61)55(66)82)98-58-39(69-34(8)72)42(75)49(36(94-58)26-90-59-46(79)43(76)40(73)35(25-70)93-59)96-57-38(68-33(7)71)41(74)48(32(6)92-57)95-60-47(80)44(77)45(78)50(97-60)54(65)81/h28-32,35-53,57-61,70,73-80,86H,12-27H2,1-11H3,(H2,65,81)(H2,66,82)(H2,67,85)(H,68,71)(H,69,72)(H,83,84)(H,87,88)/t29?,30?,31?,32-,35-,36-,37+,38-,39-,40+,41+,42-,43-,44-,45+,46-,47-,48+,49+,50+,51-,52+,53-,57-,58-,59+,60+,61+,64-/m0/s1. The number of hydrogen-bond donors (Lipinski definition) is 17. The van der Waals surface area contributed by atoms with E-state index in [0.717, 1.165) is 71.1 Å². The Morgan fingerprint density at radius 1 is 0.598 bits per heavy atom. The van der Waals surface area contributed by atoms with E-state index in [9.17, 15) is 94.4 Å². The Balaban J connectivity index is 1.38. The first kappa shape index (κ1) is 88.6. The number of carboxylic acids is 1. The maximum atomic E-state index is 14.1. The molecule has 5 fully saturated rings. The van der Waals surface area contributed by atoms with Crippen LogP contribution < -0.4 is 27.8 Å². The summed E-state index contributed by atoms with van der Waals surface area (Å²) >= 11 is 0. The van der Waals surface area contributed by atoms with Crippen molar-refractivity contribution in [3.63, 3.8) is 0 Å². The van der Waals surface area contributed by atoms with E-state index in [-0.39, 0.29) is 17.9 Å². The van der Waals surface area contributed by atoms with Crippen molar-refractivity contribution >= 4 is 43.5 Å². The zero-order chi connectivity index (χ0) is 76.6. The number of aliphatic hydroxyl groups excluding tert-OH is 9. The summed E-state index contributed by atoms with van der Waals surface area (Å²) in [5.41, 5.74) is 13.7. The summed E-state index contributed by atoms with van der Waals surface area (Å²) in [4.78, 5) is 87.9. The highest BCUT2D eigenvalue weighted by Crippen LogP contribution is 2.49. The molecule has 5 saturated heterocycles. The molecule has 0 bridgehead atoms. The lowest BCUT2D eigenvalue weighted by Crippen LogP contribution is -2.72. The van der Waals surface area contributed by atoms with Crippen LogP contribution in [0.3, 0.4) is 0 Å². The smallest absolute Gasteiger partial charge is 0.474 e. The number of phosphoric acid groups is 1. The molecule has 592 valence electrons. The SMILES string of the molecule is CC(=O)N[C@@H]1[C@H](O[C@H]2[C@@H](O)[C@H](NC(C)=O)[C@H](O[C@@H]3[C@@H](OP(=O)(O)OC[C@@H](OCCC(C)CCCCC(C)(C)CCC(C)CCC(C)CCCC(C)C)C(=O)O)O[C@@H](C(N)=O)[C@@](C)(O)[C@@H]3OC(N)=O)O[C@H]2CO[C@@H]2O[C@@H](CO)[C@@H](O)[C@H](O)[C@@H]2O)O[C@@H](C)[C@@H](O[C@@H]2O[C@@H](C(N)=O)[C@H](O)[C@H](O)[C@@H]2O)[C@@H]1O. The Bertz CT molecular complexity index is 2710. The van der Waals surface area contributed by atoms with E-state index in [1.807, 2.05) is 6.92 Å². The fraction of sp³-hybridized carbons (Fsp3) is 0.906. The van der Waals surface area contributed by atoms with Crippen LogP contribution in [0.1, 0.15) is 153 Å². The van der Waals surface area contributed by atoms with Gasteiger partial charge in [-0.15, -0.1) is 0 Å². The molecule has 38 heteroatoms. The number of carbonyl (C=O) groups excluding carboxylic acids is 5. The van der Waals surface area contributed by atoms with Crippen LogP contribution in [0.2, 0.25) is 0 Å². The largest absolute Gasteiger partial charge is 0.479 e. The summed E-state index contributed by atoms with van der Waals surface area (Å²) in [7, 11) is -5.79. The van der Waals surface area contributed by atoms with Crippen LogP contribution in [0.5, 0.6) is 0 Å². The van der Waals surface area contributed by atoms with Gasteiger partial charge in [0.05, 0.1) is 25.9 Å². The monoisotopic (exact) mass is 1500 g/mol. The summed E-state index contributed by atoms with van der Waals surface area (Å²) in [5, 5.41) is 125. The van der Waals surface area contributed by atoms with Crippen LogP contribution in [0.4, 0.5) is 4.79 Å². The van der Waals surface area contributed by atoms with Crippen LogP contribution in [-0.4, -0.2) is 282 Å². The maximum Gasteiger partial charge on any atom is 0.474 e. The molecule has 5 aliphatic heterocycles. The number of nitrogens with one attached hydrogen (secondary N) is 2. The van der Waals surface area contributed by atoms with Crippen LogP contribution in [0.15, 0.2) is 0 Å². The molecule has 5 rings (SSSR count). The lowest BCUT2D eigenvalue weighted by molar-refractivity contribution is -0.375. The topological polar surface area (TPSA) is 584 Å². The van der Waals surface area contributed by atoms with Crippen molar-refractivity contribution in [2.75, 3.05) is 26.4 Å². The number of ether oxygens (including phenoxy) is 11. The van der Waals surface area contributed by atoms with Crippen LogP contribution in [0, 0.1) is 29.1 Å². The molecule has 30 atom stereocenters. The molecule has 5 aliphatic rings. The van der Waals surface area contributed by atoms with E-state index in [2.05, 4.69) is 52.2 Å². The first-order chi connectivity index (χ1) is 47.5. The molecule has 0 radical (unpaired) electrons. The maximum absolute atomic E-state index is 14.1. The number of aliphatic carboxylic acids is 1. The number of hydrogen-bond acceptors (Lipinski definition) is 30. The summed E-state index contributed by atoms with van der Waals surface area (Å²) in [6, 6.07) is -3.88. The fourth-order valence-corrected chi connectivity index (χ4v) is 13.8. The normalized spacial score (nSPS) is 37.1. The molecule has 0 spiro atoms. The number of aliphatic hydroxyl groups is 10. The van der Waals surface area contributed by atoms with E-state index < -0.39 is 222 Å². The van der Waals surface area contributed by atoms with Crippen LogP contribution in [-0.2, 0) is 89.7 Å². The van der Waals surface area contributed by atoms with E-state index in [1.54, 1.807) is 0 Å². The third kappa shape index (κ3) is 25.3. The quantitative estimate of drug-likeness (QED) is 0.0228. The van der Waals surface area contributed by atoms with Gasteiger partial charge in [-0.2, -0.15) is 0 Å². The second-order valence-electron chi connectivity index (χ2n) is 29.2. The molecular formula is C64H114N5O32P. The molecule has 102 heavy (non-hydrogen) atoms. The molecular weight excluding hydrogens is 1380 g/mol. The van der Waals surface area contributed by atoms with Crippen LogP contribution in [0.25, 0.3) is 0 Å². The third-order valence-electron chi connectivity index (χ3n) is 19.2. The molecule has 5 amide bonds. The van der Waals surface area contributed by atoms with Crippen molar-refractivity contribution in [1.29, 1.82) is 0 Å². The number of amides is 5. The molecule has 0 saturated carbocycles. The molecule has 20 N–H and O–H groups in total. The van der Waals surface area contributed by atoms with Gasteiger partial charge in [0, 0.05) is 20.5 Å². The lowest BCUT2D eigenvalue weighted by Gasteiger charge is -2.52. The van der Waals surface area contributed by atoms with E-state index >= 15 is 0 Å². The van der Waals surface area contributed by atoms with Crippen molar-refractivity contribution in [3.8, 4) is 0 Å². The minimum atomic E-state index is -5.79. The van der Waals surface area contributed by atoms with Gasteiger partial charge in [-0.25, -0.2) is 14.2 Å². The van der Waals surface area contributed by atoms with Gasteiger partial charge < -0.3 is 141 Å². The number of unbranched alkanes of at least 4 members (excludes halogenated alkanes) is 1. The molecule has 4 unspecified atom stereocenters. The zero-order valence-corrected chi connectivity index (χ0v) is 60.7.